The zero-order valence-corrected chi connectivity index (χ0v) is 9.75. The highest BCUT2D eigenvalue weighted by Crippen LogP contribution is 2.13. The first-order valence-corrected chi connectivity index (χ1v) is 5.10. The van der Waals surface area contributed by atoms with Crippen molar-refractivity contribution in [2.45, 2.75) is 20.0 Å². The summed E-state index contributed by atoms with van der Waals surface area (Å²) in [7, 11) is 0. The average Bonchev–Trinajstić information content (AvgIpc) is 2.20. The molecular formula is C11H12ClNO3. The van der Waals surface area contributed by atoms with Crippen LogP contribution in [0.2, 0.25) is 5.02 Å². The van der Waals surface area contributed by atoms with E-state index in [0.29, 0.717) is 10.7 Å². The van der Waals surface area contributed by atoms with Crippen LogP contribution in [0.15, 0.2) is 24.3 Å². The molecule has 0 aliphatic heterocycles. The van der Waals surface area contributed by atoms with Crippen LogP contribution in [0.5, 0.6) is 0 Å². The third-order valence-corrected chi connectivity index (χ3v) is 2.08. The van der Waals surface area contributed by atoms with Gasteiger partial charge in [-0.3, -0.25) is 9.59 Å². The second-order valence-corrected chi connectivity index (χ2v) is 3.68. The molecule has 0 aliphatic carbocycles. The average molecular weight is 242 g/mol. The highest BCUT2D eigenvalue weighted by Gasteiger charge is 2.15. The lowest BCUT2D eigenvalue weighted by Crippen LogP contribution is -2.29. The second-order valence-electron chi connectivity index (χ2n) is 3.25. The van der Waals surface area contributed by atoms with Gasteiger partial charge in [-0.1, -0.05) is 11.6 Å². The molecule has 1 N–H and O–H groups in total. The first-order valence-electron chi connectivity index (χ1n) is 4.72. The largest absolute Gasteiger partial charge is 0.453 e. The minimum atomic E-state index is -0.812. The van der Waals surface area contributed by atoms with Crippen molar-refractivity contribution in [3.05, 3.63) is 29.3 Å². The summed E-state index contributed by atoms with van der Waals surface area (Å²) >= 11 is 5.70. The first-order chi connectivity index (χ1) is 7.49. The number of amides is 1. The molecule has 5 heteroatoms. The SMILES string of the molecule is CC(=O)O[C@@H](C)C(=O)Nc1ccc(Cl)cc1. The summed E-state index contributed by atoms with van der Waals surface area (Å²) in [6.45, 7) is 2.76. The van der Waals surface area contributed by atoms with Gasteiger partial charge >= 0.3 is 5.97 Å². The minimum Gasteiger partial charge on any atom is -0.453 e. The third kappa shape index (κ3) is 3.90. The van der Waals surface area contributed by atoms with Crippen molar-refractivity contribution in [3.63, 3.8) is 0 Å². The normalized spacial score (nSPS) is 11.7. The molecule has 0 saturated heterocycles. The van der Waals surface area contributed by atoms with E-state index >= 15 is 0 Å². The molecule has 1 rings (SSSR count). The van der Waals surface area contributed by atoms with Crippen molar-refractivity contribution < 1.29 is 14.3 Å². The highest BCUT2D eigenvalue weighted by atomic mass is 35.5. The molecule has 0 bridgehead atoms. The predicted molar refractivity (Wildman–Crippen MR) is 61.3 cm³/mol. The fourth-order valence-corrected chi connectivity index (χ4v) is 1.21. The fraction of sp³-hybridized carbons (Fsp3) is 0.273. The first kappa shape index (κ1) is 12.5. The van der Waals surface area contributed by atoms with Gasteiger partial charge < -0.3 is 10.1 Å². The van der Waals surface area contributed by atoms with Crippen molar-refractivity contribution in [1.29, 1.82) is 0 Å². The van der Waals surface area contributed by atoms with E-state index < -0.39 is 12.1 Å². The van der Waals surface area contributed by atoms with Crippen molar-refractivity contribution >= 4 is 29.2 Å². The van der Waals surface area contributed by atoms with Crippen LogP contribution in [0, 0.1) is 0 Å². The maximum atomic E-state index is 11.5. The number of hydrogen-bond acceptors (Lipinski definition) is 3. The molecule has 0 radical (unpaired) electrons. The van der Waals surface area contributed by atoms with Gasteiger partial charge in [0.25, 0.3) is 5.91 Å². The number of ether oxygens (including phenoxy) is 1. The number of benzene rings is 1. The molecule has 0 aromatic heterocycles. The summed E-state index contributed by atoms with van der Waals surface area (Å²) in [5, 5.41) is 3.19. The van der Waals surface area contributed by atoms with E-state index in [9.17, 15) is 9.59 Å². The number of anilines is 1. The number of nitrogens with one attached hydrogen (secondary N) is 1. The number of carbonyl (C=O) groups excluding carboxylic acids is 2. The maximum Gasteiger partial charge on any atom is 0.303 e. The Labute approximate surface area is 98.5 Å². The summed E-state index contributed by atoms with van der Waals surface area (Å²) in [6.07, 6.45) is -0.812. The second kappa shape index (κ2) is 5.51. The minimum absolute atomic E-state index is 0.377. The van der Waals surface area contributed by atoms with Crippen molar-refractivity contribution in [2.24, 2.45) is 0 Å². The van der Waals surface area contributed by atoms with Gasteiger partial charge in [0.2, 0.25) is 0 Å². The van der Waals surface area contributed by atoms with E-state index in [-0.39, 0.29) is 5.91 Å². The van der Waals surface area contributed by atoms with E-state index in [4.69, 9.17) is 16.3 Å². The molecule has 0 unspecified atom stereocenters. The smallest absolute Gasteiger partial charge is 0.303 e. The molecule has 0 aliphatic rings. The van der Waals surface area contributed by atoms with Gasteiger partial charge in [0.05, 0.1) is 0 Å². The van der Waals surface area contributed by atoms with Crippen molar-refractivity contribution in [3.8, 4) is 0 Å². The fourth-order valence-electron chi connectivity index (χ4n) is 1.08. The molecule has 16 heavy (non-hydrogen) atoms. The highest BCUT2D eigenvalue weighted by molar-refractivity contribution is 6.30. The number of carbonyl (C=O) groups is 2. The molecule has 1 amide bonds. The summed E-state index contributed by atoms with van der Waals surface area (Å²) < 4.78 is 4.73. The van der Waals surface area contributed by atoms with Crippen LogP contribution in [0.25, 0.3) is 0 Å². The molecule has 1 aromatic carbocycles. The number of hydrogen-bond donors (Lipinski definition) is 1. The van der Waals surface area contributed by atoms with E-state index in [1.54, 1.807) is 24.3 Å². The summed E-state index contributed by atoms with van der Waals surface area (Å²) in [6, 6.07) is 6.66. The molecule has 1 atom stereocenters. The predicted octanol–water partition coefficient (Wildman–Crippen LogP) is 2.23. The zero-order valence-electron chi connectivity index (χ0n) is 8.99. The van der Waals surface area contributed by atoms with Crippen LogP contribution in [0.1, 0.15) is 13.8 Å². The Balaban J connectivity index is 2.57. The molecule has 0 fully saturated rings. The van der Waals surface area contributed by atoms with Gasteiger partial charge in [0.15, 0.2) is 6.10 Å². The van der Waals surface area contributed by atoms with Crippen molar-refractivity contribution in [2.75, 3.05) is 5.32 Å². The van der Waals surface area contributed by atoms with Gasteiger partial charge in [-0.15, -0.1) is 0 Å². The van der Waals surface area contributed by atoms with Crippen LogP contribution in [0.4, 0.5) is 5.69 Å². The Bertz CT molecular complexity index is 389. The van der Waals surface area contributed by atoms with E-state index in [2.05, 4.69) is 5.32 Å². The summed E-state index contributed by atoms with van der Waals surface area (Å²) in [5.41, 5.74) is 0.605. The zero-order chi connectivity index (χ0) is 12.1. The lowest BCUT2D eigenvalue weighted by atomic mass is 10.3. The van der Waals surface area contributed by atoms with Gasteiger partial charge in [0, 0.05) is 17.6 Å². The number of rotatable bonds is 3. The Kier molecular flexibility index (Phi) is 4.31. The standard InChI is InChI=1S/C11H12ClNO3/c1-7(16-8(2)14)11(15)13-10-5-3-9(12)4-6-10/h3-7H,1-2H3,(H,13,15)/t7-/m0/s1. The number of esters is 1. The lowest BCUT2D eigenvalue weighted by Gasteiger charge is -2.11. The Morgan fingerprint density at radius 1 is 1.31 bits per heavy atom. The van der Waals surface area contributed by atoms with Crippen LogP contribution >= 0.6 is 11.6 Å². The molecule has 0 heterocycles. The van der Waals surface area contributed by atoms with Gasteiger partial charge in [-0.25, -0.2) is 0 Å². The Morgan fingerprint density at radius 3 is 2.38 bits per heavy atom. The van der Waals surface area contributed by atoms with E-state index in [1.165, 1.54) is 13.8 Å². The molecule has 0 saturated carbocycles. The molecule has 0 spiro atoms. The third-order valence-electron chi connectivity index (χ3n) is 1.82. The molecule has 4 nitrogen and oxygen atoms in total. The molecule has 86 valence electrons. The van der Waals surface area contributed by atoms with Gasteiger partial charge in [0.1, 0.15) is 0 Å². The Hall–Kier alpha value is -1.55. The lowest BCUT2D eigenvalue weighted by molar-refractivity contribution is -0.150. The van der Waals surface area contributed by atoms with Crippen LogP contribution in [-0.4, -0.2) is 18.0 Å². The number of halogens is 1. The Morgan fingerprint density at radius 2 is 1.88 bits per heavy atom. The summed E-state index contributed by atoms with van der Waals surface area (Å²) in [4.78, 5) is 22.1. The van der Waals surface area contributed by atoms with Crippen molar-refractivity contribution in [1.82, 2.24) is 0 Å². The van der Waals surface area contributed by atoms with Gasteiger partial charge in [-0.05, 0) is 31.2 Å². The van der Waals surface area contributed by atoms with Crippen LogP contribution in [-0.2, 0) is 14.3 Å². The molecular weight excluding hydrogens is 230 g/mol. The quantitative estimate of drug-likeness (QED) is 0.826. The van der Waals surface area contributed by atoms with E-state index in [0.717, 1.165) is 0 Å². The van der Waals surface area contributed by atoms with E-state index in [1.807, 2.05) is 0 Å². The van der Waals surface area contributed by atoms with Crippen LogP contribution < -0.4 is 5.32 Å². The van der Waals surface area contributed by atoms with Crippen LogP contribution in [0.3, 0.4) is 0 Å². The molecule has 1 aromatic rings. The topological polar surface area (TPSA) is 55.4 Å². The summed E-state index contributed by atoms with van der Waals surface area (Å²) in [5.74, 6) is -0.865. The maximum absolute atomic E-state index is 11.5. The van der Waals surface area contributed by atoms with Gasteiger partial charge in [-0.2, -0.15) is 0 Å². The monoisotopic (exact) mass is 241 g/mol.